The number of nitrogens with one attached hydrogen (secondary N) is 1. The standard InChI is InChI=1S/C23H22N2O3/c1-27-21-11-4-5-12-22(21)28-16-23(26)24-19-9-6-10-20(13-19)25-14-17-7-2-3-8-18(17)15-25/h2-13H,14-16H2,1H3,(H,24,26). The van der Waals surface area contributed by atoms with E-state index in [1.807, 2.05) is 30.3 Å². The highest BCUT2D eigenvalue weighted by Gasteiger charge is 2.18. The van der Waals surface area contributed by atoms with Gasteiger partial charge < -0.3 is 19.7 Å². The maximum atomic E-state index is 12.3. The van der Waals surface area contributed by atoms with Gasteiger partial charge in [0.1, 0.15) is 0 Å². The van der Waals surface area contributed by atoms with E-state index in [4.69, 9.17) is 9.47 Å². The summed E-state index contributed by atoms with van der Waals surface area (Å²) in [5.41, 5.74) is 4.53. The fraction of sp³-hybridized carbons (Fsp3) is 0.174. The first kappa shape index (κ1) is 17.9. The zero-order valence-corrected chi connectivity index (χ0v) is 15.7. The highest BCUT2D eigenvalue weighted by molar-refractivity contribution is 5.92. The van der Waals surface area contributed by atoms with Crippen molar-refractivity contribution in [3.63, 3.8) is 0 Å². The smallest absolute Gasteiger partial charge is 0.262 e. The van der Waals surface area contributed by atoms with Crippen LogP contribution in [0.15, 0.2) is 72.8 Å². The number of ether oxygens (including phenoxy) is 2. The Hall–Kier alpha value is -3.47. The van der Waals surface area contributed by atoms with Crippen molar-refractivity contribution >= 4 is 17.3 Å². The van der Waals surface area contributed by atoms with E-state index in [0.29, 0.717) is 11.5 Å². The van der Waals surface area contributed by atoms with Gasteiger partial charge in [-0.25, -0.2) is 0 Å². The minimum absolute atomic E-state index is 0.0836. The Bertz CT molecular complexity index is 962. The third-order valence-corrected chi connectivity index (χ3v) is 4.76. The second-order valence-electron chi connectivity index (χ2n) is 6.66. The quantitative estimate of drug-likeness (QED) is 0.701. The number of rotatable bonds is 6. The number of para-hydroxylation sites is 2. The fourth-order valence-electron chi connectivity index (χ4n) is 3.37. The fourth-order valence-corrected chi connectivity index (χ4v) is 3.37. The predicted molar refractivity (Wildman–Crippen MR) is 110 cm³/mol. The minimum atomic E-state index is -0.215. The molecule has 0 radical (unpaired) electrons. The first-order valence-corrected chi connectivity index (χ1v) is 9.20. The van der Waals surface area contributed by atoms with Crippen LogP contribution < -0.4 is 19.7 Å². The second-order valence-corrected chi connectivity index (χ2v) is 6.66. The lowest BCUT2D eigenvalue weighted by molar-refractivity contribution is -0.118. The van der Waals surface area contributed by atoms with Crippen LogP contribution in [0.2, 0.25) is 0 Å². The van der Waals surface area contributed by atoms with Crippen molar-refractivity contribution in [3.05, 3.63) is 83.9 Å². The number of fused-ring (bicyclic) bond motifs is 1. The molecule has 0 saturated heterocycles. The Balaban J connectivity index is 1.38. The van der Waals surface area contributed by atoms with E-state index in [1.165, 1.54) is 11.1 Å². The van der Waals surface area contributed by atoms with Crippen molar-refractivity contribution in [2.45, 2.75) is 13.1 Å². The van der Waals surface area contributed by atoms with Gasteiger partial charge in [-0.15, -0.1) is 0 Å². The van der Waals surface area contributed by atoms with Crippen molar-refractivity contribution < 1.29 is 14.3 Å². The number of methoxy groups -OCH3 is 1. The summed E-state index contributed by atoms with van der Waals surface area (Å²) in [5.74, 6) is 0.933. The number of amides is 1. The van der Waals surface area contributed by atoms with E-state index in [0.717, 1.165) is 24.5 Å². The van der Waals surface area contributed by atoms with Crippen molar-refractivity contribution in [3.8, 4) is 11.5 Å². The number of hydrogen-bond donors (Lipinski definition) is 1. The molecular weight excluding hydrogens is 352 g/mol. The SMILES string of the molecule is COc1ccccc1OCC(=O)Nc1cccc(N2Cc3ccccc3C2)c1. The molecule has 1 N–H and O–H groups in total. The minimum Gasteiger partial charge on any atom is -0.493 e. The van der Waals surface area contributed by atoms with Gasteiger partial charge in [0.25, 0.3) is 5.91 Å². The number of hydrogen-bond acceptors (Lipinski definition) is 4. The van der Waals surface area contributed by atoms with Gasteiger partial charge in [0, 0.05) is 24.5 Å². The summed E-state index contributed by atoms with van der Waals surface area (Å²) in [6.45, 7) is 1.68. The molecule has 4 rings (SSSR count). The van der Waals surface area contributed by atoms with Gasteiger partial charge in [0.15, 0.2) is 18.1 Å². The molecule has 0 atom stereocenters. The third-order valence-electron chi connectivity index (χ3n) is 4.76. The lowest BCUT2D eigenvalue weighted by atomic mass is 10.1. The summed E-state index contributed by atoms with van der Waals surface area (Å²) in [6, 6.07) is 23.6. The molecule has 0 unspecified atom stereocenters. The van der Waals surface area contributed by atoms with Crippen LogP contribution in [0.25, 0.3) is 0 Å². The van der Waals surface area contributed by atoms with E-state index in [2.05, 4.69) is 40.5 Å². The molecule has 3 aromatic carbocycles. The second kappa shape index (κ2) is 8.05. The summed E-state index contributed by atoms with van der Waals surface area (Å²) in [7, 11) is 1.57. The van der Waals surface area contributed by atoms with E-state index in [-0.39, 0.29) is 12.5 Å². The van der Waals surface area contributed by atoms with Gasteiger partial charge in [-0.3, -0.25) is 4.79 Å². The van der Waals surface area contributed by atoms with Crippen LogP contribution >= 0.6 is 0 Å². The molecule has 3 aromatic rings. The molecular formula is C23H22N2O3. The predicted octanol–water partition coefficient (Wildman–Crippen LogP) is 4.23. The maximum absolute atomic E-state index is 12.3. The first-order chi connectivity index (χ1) is 13.7. The Morgan fingerprint density at radius 3 is 2.32 bits per heavy atom. The highest BCUT2D eigenvalue weighted by atomic mass is 16.5. The maximum Gasteiger partial charge on any atom is 0.262 e. The molecule has 0 bridgehead atoms. The number of benzene rings is 3. The van der Waals surface area contributed by atoms with Gasteiger partial charge in [0.05, 0.1) is 7.11 Å². The Morgan fingerprint density at radius 2 is 1.61 bits per heavy atom. The Kier molecular flexibility index (Phi) is 5.15. The average molecular weight is 374 g/mol. The van der Waals surface area contributed by atoms with Crippen molar-refractivity contribution in [2.75, 3.05) is 23.9 Å². The molecule has 1 amide bonds. The van der Waals surface area contributed by atoms with Gasteiger partial charge in [-0.2, -0.15) is 0 Å². The summed E-state index contributed by atoms with van der Waals surface area (Å²) in [4.78, 5) is 14.6. The normalized spacial score (nSPS) is 12.4. The van der Waals surface area contributed by atoms with E-state index < -0.39 is 0 Å². The summed E-state index contributed by atoms with van der Waals surface area (Å²) in [5, 5.41) is 2.90. The number of nitrogens with zero attached hydrogens (tertiary/aromatic N) is 1. The molecule has 5 heteroatoms. The summed E-state index contributed by atoms with van der Waals surface area (Å²) in [6.07, 6.45) is 0. The molecule has 1 aliphatic rings. The number of anilines is 2. The van der Waals surface area contributed by atoms with Crippen LogP contribution in [0.1, 0.15) is 11.1 Å². The molecule has 142 valence electrons. The van der Waals surface area contributed by atoms with Crippen molar-refractivity contribution in [1.82, 2.24) is 0 Å². The van der Waals surface area contributed by atoms with Crippen LogP contribution in [0.5, 0.6) is 11.5 Å². The number of carbonyl (C=O) groups is 1. The molecule has 0 aliphatic carbocycles. The van der Waals surface area contributed by atoms with Crippen LogP contribution in [-0.2, 0) is 17.9 Å². The van der Waals surface area contributed by atoms with Crippen LogP contribution in [0.4, 0.5) is 11.4 Å². The van der Waals surface area contributed by atoms with Crippen molar-refractivity contribution in [2.24, 2.45) is 0 Å². The monoisotopic (exact) mass is 374 g/mol. The molecule has 28 heavy (non-hydrogen) atoms. The van der Waals surface area contributed by atoms with Crippen LogP contribution in [0.3, 0.4) is 0 Å². The Labute approximate surface area is 164 Å². The lowest BCUT2D eigenvalue weighted by Crippen LogP contribution is -2.21. The summed E-state index contributed by atoms with van der Waals surface area (Å²) >= 11 is 0. The molecule has 0 spiro atoms. The molecule has 5 nitrogen and oxygen atoms in total. The van der Waals surface area contributed by atoms with Gasteiger partial charge in [0.2, 0.25) is 0 Å². The third kappa shape index (κ3) is 3.93. The van der Waals surface area contributed by atoms with Crippen LogP contribution in [0, 0.1) is 0 Å². The number of carbonyl (C=O) groups excluding carboxylic acids is 1. The van der Waals surface area contributed by atoms with Gasteiger partial charge >= 0.3 is 0 Å². The molecule has 1 heterocycles. The molecule has 1 aliphatic heterocycles. The summed E-state index contributed by atoms with van der Waals surface area (Å²) < 4.78 is 10.8. The van der Waals surface area contributed by atoms with Crippen LogP contribution in [-0.4, -0.2) is 19.6 Å². The Morgan fingerprint density at radius 1 is 0.929 bits per heavy atom. The van der Waals surface area contributed by atoms with E-state index in [1.54, 1.807) is 19.2 Å². The van der Waals surface area contributed by atoms with Gasteiger partial charge in [-0.05, 0) is 41.5 Å². The van der Waals surface area contributed by atoms with E-state index in [9.17, 15) is 4.79 Å². The van der Waals surface area contributed by atoms with Gasteiger partial charge in [-0.1, -0.05) is 42.5 Å². The lowest BCUT2D eigenvalue weighted by Gasteiger charge is -2.19. The molecule has 0 fully saturated rings. The highest BCUT2D eigenvalue weighted by Crippen LogP contribution is 2.29. The first-order valence-electron chi connectivity index (χ1n) is 9.20. The van der Waals surface area contributed by atoms with Crippen molar-refractivity contribution in [1.29, 1.82) is 0 Å². The molecule has 0 aromatic heterocycles. The topological polar surface area (TPSA) is 50.8 Å². The zero-order chi connectivity index (χ0) is 19.3. The average Bonchev–Trinajstić information content (AvgIpc) is 3.17. The largest absolute Gasteiger partial charge is 0.493 e. The molecule has 0 saturated carbocycles. The zero-order valence-electron chi connectivity index (χ0n) is 15.7. The van der Waals surface area contributed by atoms with E-state index >= 15 is 0 Å².